The van der Waals surface area contributed by atoms with Gasteiger partial charge in [-0.3, -0.25) is 4.90 Å². The number of rotatable bonds is 5. The molecule has 0 bridgehead atoms. The molecule has 4 atom stereocenters. The predicted octanol–water partition coefficient (Wildman–Crippen LogP) is 4.09. The Hall–Kier alpha value is -3.83. The molecule has 0 aromatic heterocycles. The van der Waals surface area contributed by atoms with Crippen LogP contribution >= 0.6 is 0 Å². The van der Waals surface area contributed by atoms with Crippen LogP contribution in [0.1, 0.15) is 29.0 Å². The van der Waals surface area contributed by atoms with E-state index in [1.807, 2.05) is 59.5 Å². The number of aliphatic hydroxyl groups excluding tert-OH is 1. The Morgan fingerprint density at radius 3 is 2.30 bits per heavy atom. The Balaban J connectivity index is 1.36. The van der Waals surface area contributed by atoms with Crippen LogP contribution in [0, 0.1) is 11.8 Å². The minimum Gasteiger partial charge on any atom is -0.497 e. The smallest absolute Gasteiger partial charge is 0.321 e. The van der Waals surface area contributed by atoms with Crippen molar-refractivity contribution in [3.63, 3.8) is 0 Å². The van der Waals surface area contributed by atoms with Gasteiger partial charge in [-0.2, -0.15) is 0 Å². The molecule has 2 aliphatic heterocycles. The maximum atomic E-state index is 13.4. The van der Waals surface area contributed by atoms with E-state index in [2.05, 4.69) is 65.3 Å². The highest BCUT2D eigenvalue weighted by Gasteiger charge is 2.50. The Kier molecular flexibility index (Phi) is 8.71. The lowest BCUT2D eigenvalue weighted by atomic mass is 9.73. The van der Waals surface area contributed by atoms with Crippen molar-refractivity contribution in [3.8, 4) is 17.6 Å². The second-order valence-electron chi connectivity index (χ2n) is 10.9. The molecule has 40 heavy (non-hydrogen) atoms. The van der Waals surface area contributed by atoms with Crippen molar-refractivity contribution in [2.75, 3.05) is 52.7 Å². The molecule has 0 spiro atoms. The lowest BCUT2D eigenvalue weighted by molar-refractivity contribution is -0.0735. The summed E-state index contributed by atoms with van der Waals surface area (Å²) in [4.78, 5) is 19.8. The summed E-state index contributed by atoms with van der Waals surface area (Å²) in [5.41, 5.74) is 3.92. The van der Waals surface area contributed by atoms with Crippen LogP contribution in [-0.4, -0.2) is 91.4 Å². The zero-order valence-electron chi connectivity index (χ0n) is 23.5. The highest BCUT2D eigenvalue weighted by molar-refractivity contribution is 5.89. The van der Waals surface area contributed by atoms with Gasteiger partial charge in [0.15, 0.2) is 0 Å². The van der Waals surface area contributed by atoms with Gasteiger partial charge in [-0.05, 0) is 74.6 Å². The van der Waals surface area contributed by atoms with Crippen molar-refractivity contribution in [3.05, 3.63) is 95.6 Å². The largest absolute Gasteiger partial charge is 0.497 e. The molecular formula is C33H38N4O3. The number of hydrogen-bond acceptors (Lipinski definition) is 5. The fourth-order valence-electron chi connectivity index (χ4n) is 5.81. The Morgan fingerprint density at radius 1 is 0.975 bits per heavy atom. The molecule has 208 valence electrons. The highest BCUT2D eigenvalue weighted by atomic mass is 16.5. The van der Waals surface area contributed by atoms with Gasteiger partial charge in [-0.15, -0.1) is 0 Å². The lowest BCUT2D eigenvalue weighted by Crippen LogP contribution is -2.70. The zero-order chi connectivity index (χ0) is 28.1. The molecule has 2 aliphatic rings. The average Bonchev–Trinajstić information content (AvgIpc) is 2.96. The molecule has 0 radical (unpaired) electrons. The summed E-state index contributed by atoms with van der Waals surface area (Å²) >= 11 is 0. The predicted molar refractivity (Wildman–Crippen MR) is 159 cm³/mol. The first kappa shape index (κ1) is 27.7. The molecule has 3 aromatic carbocycles. The maximum Gasteiger partial charge on any atom is 0.321 e. The topological polar surface area (TPSA) is 68.3 Å². The van der Waals surface area contributed by atoms with E-state index in [9.17, 15) is 9.90 Å². The third-order valence-corrected chi connectivity index (χ3v) is 7.84. The van der Waals surface area contributed by atoms with Gasteiger partial charge >= 0.3 is 6.03 Å². The summed E-state index contributed by atoms with van der Waals surface area (Å²) in [5.74, 6) is 7.48. The van der Waals surface area contributed by atoms with Crippen molar-refractivity contribution in [2.45, 2.75) is 30.5 Å². The van der Waals surface area contributed by atoms with Crippen LogP contribution in [0.4, 0.5) is 10.5 Å². The van der Waals surface area contributed by atoms with E-state index in [0.29, 0.717) is 31.7 Å². The molecule has 5 rings (SSSR count). The number of likely N-dealkylation sites (N-methyl/N-ethyl adjacent to an activating group) is 1. The molecule has 0 aliphatic carbocycles. The number of carbonyl (C=O) groups is 1. The van der Waals surface area contributed by atoms with E-state index in [1.54, 1.807) is 7.11 Å². The van der Waals surface area contributed by atoms with Crippen molar-refractivity contribution in [1.29, 1.82) is 0 Å². The minimum absolute atomic E-state index is 0.114. The number of nitrogens with one attached hydrogen (secondary N) is 1. The molecule has 2 amide bonds. The summed E-state index contributed by atoms with van der Waals surface area (Å²) in [6.07, 6.45) is 0.0632. The van der Waals surface area contributed by atoms with Gasteiger partial charge in [0.2, 0.25) is 0 Å². The number of aliphatic hydroxyl groups is 1. The first-order chi connectivity index (χ1) is 19.4. The fraction of sp³-hybridized carbons (Fsp3) is 0.364. The van der Waals surface area contributed by atoms with Crippen LogP contribution in [0.15, 0.2) is 78.9 Å². The number of nitrogens with zero attached hydrogens (tertiary/aromatic N) is 3. The van der Waals surface area contributed by atoms with E-state index in [-0.39, 0.29) is 24.0 Å². The molecule has 0 saturated carbocycles. The van der Waals surface area contributed by atoms with Crippen molar-refractivity contribution < 1.29 is 14.6 Å². The van der Waals surface area contributed by atoms with E-state index in [4.69, 9.17) is 4.74 Å². The third-order valence-electron chi connectivity index (χ3n) is 7.84. The SMILES string of the molecule is COc1ccc(NC(=O)N2CCC(O)CN3[C@H](CN(C)C)[C@H](c4ccc(C#Cc5ccccc5)cc4)[C@@H]3C2)cc1. The maximum absolute atomic E-state index is 13.4. The summed E-state index contributed by atoms with van der Waals surface area (Å²) < 4.78 is 5.23. The van der Waals surface area contributed by atoms with Gasteiger partial charge < -0.3 is 25.0 Å². The molecule has 2 saturated heterocycles. The van der Waals surface area contributed by atoms with Crippen LogP contribution in [0.25, 0.3) is 0 Å². The van der Waals surface area contributed by atoms with Crippen molar-refractivity contribution in [2.24, 2.45) is 0 Å². The fourth-order valence-corrected chi connectivity index (χ4v) is 5.81. The normalized spacial score (nSPS) is 22.7. The van der Waals surface area contributed by atoms with Gasteiger partial charge in [-0.25, -0.2) is 4.79 Å². The average molecular weight is 539 g/mol. The molecule has 2 N–H and O–H groups in total. The number of hydrogen-bond donors (Lipinski definition) is 2. The van der Waals surface area contributed by atoms with Gasteiger partial charge in [-0.1, -0.05) is 42.2 Å². The van der Waals surface area contributed by atoms with Gasteiger partial charge in [0.1, 0.15) is 5.75 Å². The number of ether oxygens (including phenoxy) is 1. The standard InChI is InChI=1S/C33H38N4O3/c1-35(2)22-30-32(26-13-11-25(12-14-26)10-9-24-7-5-4-6-8-24)31-23-36(20-19-28(38)21-37(30)31)33(39)34-27-15-17-29(40-3)18-16-27/h4-8,11-18,28,30-32,38H,19-23H2,1-3H3,(H,34,39)/t28?,30-,31+,32+/m1/s1. The van der Waals surface area contributed by atoms with Crippen molar-refractivity contribution >= 4 is 11.7 Å². The third kappa shape index (κ3) is 6.48. The van der Waals surface area contributed by atoms with Crippen molar-refractivity contribution in [1.82, 2.24) is 14.7 Å². The van der Waals surface area contributed by atoms with Gasteiger partial charge in [0.25, 0.3) is 0 Å². The van der Waals surface area contributed by atoms with Crippen LogP contribution < -0.4 is 10.1 Å². The minimum atomic E-state index is -0.486. The number of benzene rings is 3. The second kappa shape index (κ2) is 12.6. The molecule has 7 heteroatoms. The summed E-state index contributed by atoms with van der Waals surface area (Å²) in [6, 6.07) is 26.1. The number of methoxy groups -OCH3 is 1. The van der Waals surface area contributed by atoms with Crippen LogP contribution in [-0.2, 0) is 0 Å². The molecule has 2 heterocycles. The molecular weight excluding hydrogens is 500 g/mol. The second-order valence-corrected chi connectivity index (χ2v) is 10.9. The van der Waals surface area contributed by atoms with Crippen LogP contribution in [0.2, 0.25) is 0 Å². The summed E-state index contributed by atoms with van der Waals surface area (Å²) in [5, 5.41) is 13.9. The number of amides is 2. The monoisotopic (exact) mass is 538 g/mol. The number of carbonyl (C=O) groups excluding carboxylic acids is 1. The van der Waals surface area contributed by atoms with Gasteiger partial charge in [0, 0.05) is 61.0 Å². The quantitative estimate of drug-likeness (QED) is 0.479. The van der Waals surface area contributed by atoms with Gasteiger partial charge in [0.05, 0.1) is 13.2 Å². The highest BCUT2D eigenvalue weighted by Crippen LogP contribution is 2.42. The first-order valence-corrected chi connectivity index (χ1v) is 13.9. The number of urea groups is 1. The Bertz CT molecular complexity index is 1330. The van der Waals surface area contributed by atoms with Crippen LogP contribution in [0.3, 0.4) is 0 Å². The molecule has 3 aromatic rings. The Morgan fingerprint density at radius 2 is 1.65 bits per heavy atom. The van der Waals surface area contributed by atoms with Crippen LogP contribution in [0.5, 0.6) is 5.75 Å². The summed E-state index contributed by atoms with van der Waals surface area (Å²) in [7, 11) is 5.79. The lowest BCUT2D eigenvalue weighted by Gasteiger charge is -2.58. The number of fused-ring (bicyclic) bond motifs is 1. The molecule has 7 nitrogen and oxygen atoms in total. The molecule has 1 unspecified atom stereocenters. The van der Waals surface area contributed by atoms with E-state index in [1.165, 1.54) is 5.56 Å². The Labute approximate surface area is 237 Å². The molecule has 2 fully saturated rings. The van der Waals surface area contributed by atoms with E-state index < -0.39 is 6.10 Å². The zero-order valence-corrected chi connectivity index (χ0v) is 23.5. The number of anilines is 1. The van der Waals surface area contributed by atoms with E-state index >= 15 is 0 Å². The summed E-state index contributed by atoms with van der Waals surface area (Å²) in [6.45, 7) is 2.60. The first-order valence-electron chi connectivity index (χ1n) is 13.9. The van der Waals surface area contributed by atoms with E-state index in [0.717, 1.165) is 23.4 Å².